The predicted molar refractivity (Wildman–Crippen MR) is 144 cm³/mol. The van der Waals surface area contributed by atoms with Gasteiger partial charge in [0.15, 0.2) is 0 Å². The molecule has 0 aromatic rings. The molecular formula is C30H63N. The van der Waals surface area contributed by atoms with Crippen LogP contribution in [0.3, 0.4) is 0 Å². The van der Waals surface area contributed by atoms with E-state index in [2.05, 4.69) is 46.4 Å². The predicted octanol–water partition coefficient (Wildman–Crippen LogP) is 10.7. The van der Waals surface area contributed by atoms with Crippen molar-refractivity contribution >= 4 is 0 Å². The summed E-state index contributed by atoms with van der Waals surface area (Å²) in [6.45, 7) is 14.4. The standard InChI is InChI=1S/C30H63N/c1-7-13-16-19-22-25-28(10-4)31(29(11-5)26-23-20-17-14-8-2)30(12-6)27-24-21-18-15-9-3/h28-30H,7-27H2,1-6H3. The highest BCUT2D eigenvalue weighted by atomic mass is 15.2. The van der Waals surface area contributed by atoms with Crippen LogP contribution in [0.5, 0.6) is 0 Å². The highest BCUT2D eigenvalue weighted by Crippen LogP contribution is 2.28. The molecular weight excluding hydrogens is 374 g/mol. The van der Waals surface area contributed by atoms with Crippen molar-refractivity contribution in [2.75, 3.05) is 0 Å². The molecule has 0 fully saturated rings. The molecule has 0 bridgehead atoms. The average molecular weight is 438 g/mol. The van der Waals surface area contributed by atoms with Crippen molar-refractivity contribution in [2.24, 2.45) is 0 Å². The lowest BCUT2D eigenvalue weighted by atomic mass is 9.92. The molecule has 1 nitrogen and oxygen atoms in total. The number of nitrogens with zero attached hydrogens (tertiary/aromatic N) is 1. The molecule has 0 saturated heterocycles. The molecule has 3 atom stereocenters. The highest BCUT2D eigenvalue weighted by molar-refractivity contribution is 4.84. The van der Waals surface area contributed by atoms with Crippen LogP contribution in [0.4, 0.5) is 0 Å². The second-order valence-corrected chi connectivity index (χ2v) is 10.2. The summed E-state index contributed by atoms with van der Waals surface area (Å²) in [4.78, 5) is 3.08. The third kappa shape index (κ3) is 15.4. The molecule has 0 aliphatic rings. The Morgan fingerprint density at radius 1 is 0.355 bits per heavy atom. The molecule has 0 aliphatic carbocycles. The summed E-state index contributed by atoms with van der Waals surface area (Å²) >= 11 is 0. The Balaban J connectivity index is 5.04. The van der Waals surface area contributed by atoms with Crippen LogP contribution < -0.4 is 0 Å². The molecule has 0 amide bonds. The zero-order valence-corrected chi connectivity index (χ0v) is 23.0. The average Bonchev–Trinajstić information content (AvgIpc) is 2.79. The van der Waals surface area contributed by atoms with E-state index in [-0.39, 0.29) is 0 Å². The fourth-order valence-electron chi connectivity index (χ4n) is 5.54. The number of unbranched alkanes of at least 4 members (excludes halogenated alkanes) is 12. The lowest BCUT2D eigenvalue weighted by Crippen LogP contribution is -2.49. The SMILES string of the molecule is CCCCCCCC(CC)N(C(CC)CCCCCCC)C(CC)CCCCCCC. The van der Waals surface area contributed by atoms with Crippen molar-refractivity contribution in [3.63, 3.8) is 0 Å². The Bertz CT molecular complexity index is 287. The second-order valence-electron chi connectivity index (χ2n) is 10.2. The van der Waals surface area contributed by atoms with Crippen molar-refractivity contribution in [3.05, 3.63) is 0 Å². The van der Waals surface area contributed by atoms with E-state index in [1.54, 1.807) is 0 Å². The maximum absolute atomic E-state index is 3.08. The molecule has 0 radical (unpaired) electrons. The van der Waals surface area contributed by atoms with Crippen molar-refractivity contribution < 1.29 is 0 Å². The molecule has 0 saturated carbocycles. The van der Waals surface area contributed by atoms with Gasteiger partial charge in [-0.05, 0) is 38.5 Å². The minimum Gasteiger partial charge on any atom is -0.295 e. The summed E-state index contributed by atoms with van der Waals surface area (Å²) in [6.07, 6.45) is 29.6. The fourth-order valence-corrected chi connectivity index (χ4v) is 5.54. The van der Waals surface area contributed by atoms with Crippen LogP contribution in [0.2, 0.25) is 0 Å². The van der Waals surface area contributed by atoms with Gasteiger partial charge in [-0.1, -0.05) is 138 Å². The van der Waals surface area contributed by atoms with Gasteiger partial charge in [0.25, 0.3) is 0 Å². The molecule has 0 aromatic carbocycles. The lowest BCUT2D eigenvalue weighted by Gasteiger charge is -2.43. The molecule has 0 heterocycles. The normalized spacial score (nSPS) is 14.8. The first kappa shape index (κ1) is 31.0. The van der Waals surface area contributed by atoms with Gasteiger partial charge in [0.1, 0.15) is 0 Å². The summed E-state index contributed by atoms with van der Waals surface area (Å²) in [7, 11) is 0. The third-order valence-electron chi connectivity index (χ3n) is 7.60. The first-order valence-corrected chi connectivity index (χ1v) is 15.0. The molecule has 188 valence electrons. The highest BCUT2D eigenvalue weighted by Gasteiger charge is 2.29. The van der Waals surface area contributed by atoms with Gasteiger partial charge in [-0.3, -0.25) is 4.90 Å². The van der Waals surface area contributed by atoms with Crippen LogP contribution >= 0.6 is 0 Å². The van der Waals surface area contributed by atoms with Crippen LogP contribution in [0.25, 0.3) is 0 Å². The summed E-state index contributed by atoms with van der Waals surface area (Å²) < 4.78 is 0. The first-order valence-electron chi connectivity index (χ1n) is 15.0. The first-order chi connectivity index (χ1) is 15.2. The van der Waals surface area contributed by atoms with Crippen LogP contribution in [-0.2, 0) is 0 Å². The van der Waals surface area contributed by atoms with Gasteiger partial charge in [-0.25, -0.2) is 0 Å². The lowest BCUT2D eigenvalue weighted by molar-refractivity contribution is 0.0509. The zero-order chi connectivity index (χ0) is 23.2. The van der Waals surface area contributed by atoms with Crippen molar-refractivity contribution in [2.45, 2.75) is 195 Å². The monoisotopic (exact) mass is 437 g/mol. The second kappa shape index (κ2) is 23.1. The van der Waals surface area contributed by atoms with Crippen molar-refractivity contribution in [1.29, 1.82) is 0 Å². The van der Waals surface area contributed by atoms with E-state index in [1.165, 1.54) is 135 Å². The van der Waals surface area contributed by atoms with Crippen LogP contribution in [0.1, 0.15) is 176 Å². The minimum atomic E-state index is 0.808. The Kier molecular flexibility index (Phi) is 23.1. The summed E-state index contributed by atoms with van der Waals surface area (Å²) in [6, 6.07) is 2.42. The maximum atomic E-state index is 3.08. The molecule has 1 heteroatoms. The van der Waals surface area contributed by atoms with Crippen LogP contribution in [0, 0.1) is 0 Å². The van der Waals surface area contributed by atoms with E-state index >= 15 is 0 Å². The Labute approximate surface area is 199 Å². The van der Waals surface area contributed by atoms with E-state index in [1.807, 2.05) is 0 Å². The largest absolute Gasteiger partial charge is 0.295 e. The molecule has 0 N–H and O–H groups in total. The van der Waals surface area contributed by atoms with Gasteiger partial charge in [0.2, 0.25) is 0 Å². The quantitative estimate of drug-likeness (QED) is 0.136. The van der Waals surface area contributed by atoms with Gasteiger partial charge < -0.3 is 0 Å². The Hall–Kier alpha value is -0.0400. The van der Waals surface area contributed by atoms with Crippen LogP contribution in [-0.4, -0.2) is 23.0 Å². The topological polar surface area (TPSA) is 3.24 Å². The van der Waals surface area contributed by atoms with E-state index in [4.69, 9.17) is 0 Å². The minimum absolute atomic E-state index is 0.808. The molecule has 0 rings (SSSR count). The van der Waals surface area contributed by atoms with Gasteiger partial charge in [-0.15, -0.1) is 0 Å². The van der Waals surface area contributed by atoms with Gasteiger partial charge >= 0.3 is 0 Å². The van der Waals surface area contributed by atoms with Gasteiger partial charge in [0, 0.05) is 18.1 Å². The summed E-state index contributed by atoms with van der Waals surface area (Å²) in [5.41, 5.74) is 0. The third-order valence-corrected chi connectivity index (χ3v) is 7.60. The van der Waals surface area contributed by atoms with E-state index < -0.39 is 0 Å². The maximum Gasteiger partial charge on any atom is 0.00984 e. The van der Waals surface area contributed by atoms with E-state index in [9.17, 15) is 0 Å². The molecule has 0 aromatic heterocycles. The Morgan fingerprint density at radius 2 is 0.613 bits per heavy atom. The molecule has 31 heavy (non-hydrogen) atoms. The van der Waals surface area contributed by atoms with Crippen molar-refractivity contribution in [3.8, 4) is 0 Å². The molecule has 0 spiro atoms. The number of rotatable bonds is 24. The van der Waals surface area contributed by atoms with Crippen molar-refractivity contribution in [1.82, 2.24) is 4.90 Å². The van der Waals surface area contributed by atoms with E-state index in [0.717, 1.165) is 18.1 Å². The number of hydrogen-bond acceptors (Lipinski definition) is 1. The summed E-state index contributed by atoms with van der Waals surface area (Å²) in [5.74, 6) is 0. The zero-order valence-electron chi connectivity index (χ0n) is 23.0. The summed E-state index contributed by atoms with van der Waals surface area (Å²) in [5, 5.41) is 0. The molecule has 3 unspecified atom stereocenters. The van der Waals surface area contributed by atoms with Crippen LogP contribution in [0.15, 0.2) is 0 Å². The number of hydrogen-bond donors (Lipinski definition) is 0. The van der Waals surface area contributed by atoms with Gasteiger partial charge in [-0.2, -0.15) is 0 Å². The molecule has 0 aliphatic heterocycles. The van der Waals surface area contributed by atoms with E-state index in [0.29, 0.717) is 0 Å². The smallest absolute Gasteiger partial charge is 0.00984 e. The Morgan fingerprint density at radius 3 is 0.839 bits per heavy atom. The van der Waals surface area contributed by atoms with Gasteiger partial charge in [0.05, 0.1) is 0 Å². The fraction of sp³-hybridized carbons (Fsp3) is 1.00.